The van der Waals surface area contributed by atoms with Crippen LogP contribution in [0.4, 0.5) is 0 Å². The van der Waals surface area contributed by atoms with E-state index in [1.165, 1.54) is 25.9 Å². The van der Waals surface area contributed by atoms with Gasteiger partial charge >= 0.3 is 0 Å². The minimum atomic E-state index is 0.0594. The predicted octanol–water partition coefficient (Wildman–Crippen LogP) is 1.07. The summed E-state index contributed by atoms with van der Waals surface area (Å²) in [5, 5.41) is 3.44. The molecule has 4 aliphatic rings. The van der Waals surface area contributed by atoms with E-state index in [1.807, 2.05) is 0 Å². The molecule has 0 aliphatic carbocycles. The van der Waals surface area contributed by atoms with E-state index in [1.54, 1.807) is 0 Å². The van der Waals surface area contributed by atoms with Crippen molar-refractivity contribution >= 4 is 5.91 Å². The second-order valence-corrected chi connectivity index (χ2v) is 6.75. The van der Waals surface area contributed by atoms with E-state index in [0.717, 1.165) is 31.8 Å². The average molecular weight is 265 g/mol. The van der Waals surface area contributed by atoms with Crippen molar-refractivity contribution in [2.75, 3.05) is 26.2 Å². The van der Waals surface area contributed by atoms with Crippen LogP contribution in [0.25, 0.3) is 0 Å². The highest BCUT2D eigenvalue weighted by molar-refractivity contribution is 5.83. The van der Waals surface area contributed by atoms with Crippen LogP contribution in [0.5, 0.6) is 0 Å². The summed E-state index contributed by atoms with van der Waals surface area (Å²) in [6.45, 7) is 8.84. The van der Waals surface area contributed by atoms with Gasteiger partial charge in [-0.25, -0.2) is 0 Å². The van der Waals surface area contributed by atoms with Crippen LogP contribution in [0, 0.1) is 5.92 Å². The van der Waals surface area contributed by atoms with Crippen LogP contribution >= 0.6 is 0 Å². The minimum Gasteiger partial charge on any atom is -0.337 e. The van der Waals surface area contributed by atoms with Gasteiger partial charge in [-0.2, -0.15) is 0 Å². The molecule has 0 radical (unpaired) electrons. The number of carbonyl (C=O) groups is 1. The Bertz CT molecular complexity index is 336. The minimum absolute atomic E-state index is 0.0594. The Labute approximate surface area is 116 Å². The highest BCUT2D eigenvalue weighted by atomic mass is 16.2. The van der Waals surface area contributed by atoms with Crippen LogP contribution in [0.2, 0.25) is 0 Å². The van der Waals surface area contributed by atoms with E-state index in [4.69, 9.17) is 0 Å². The van der Waals surface area contributed by atoms with Crippen LogP contribution in [0.15, 0.2) is 0 Å². The number of nitrogens with one attached hydrogen (secondary N) is 1. The molecule has 4 saturated heterocycles. The summed E-state index contributed by atoms with van der Waals surface area (Å²) in [5.41, 5.74) is 0. The fraction of sp³-hybridized carbons (Fsp3) is 0.933. The summed E-state index contributed by atoms with van der Waals surface area (Å²) in [6.07, 6.45) is 4.74. The normalized spacial score (nSPS) is 39.1. The van der Waals surface area contributed by atoms with Gasteiger partial charge in [0.15, 0.2) is 0 Å². The average Bonchev–Trinajstić information content (AvgIpc) is 2.42. The van der Waals surface area contributed by atoms with Gasteiger partial charge in [0.05, 0.1) is 6.04 Å². The number of fused-ring (bicyclic) bond motifs is 3. The van der Waals surface area contributed by atoms with Crippen LogP contribution in [0.1, 0.15) is 39.5 Å². The quantitative estimate of drug-likeness (QED) is 0.829. The Hall–Kier alpha value is -0.610. The Morgan fingerprint density at radius 2 is 1.89 bits per heavy atom. The van der Waals surface area contributed by atoms with Crippen molar-refractivity contribution in [1.29, 1.82) is 0 Å². The molecule has 4 heteroatoms. The largest absolute Gasteiger partial charge is 0.337 e. The molecule has 1 N–H and O–H groups in total. The Morgan fingerprint density at radius 1 is 1.16 bits per heavy atom. The van der Waals surface area contributed by atoms with E-state index in [2.05, 4.69) is 29.0 Å². The summed E-state index contributed by atoms with van der Waals surface area (Å²) in [4.78, 5) is 17.4. The molecule has 4 nitrogen and oxygen atoms in total. The zero-order valence-corrected chi connectivity index (χ0v) is 12.3. The molecule has 19 heavy (non-hydrogen) atoms. The third-order valence-electron chi connectivity index (χ3n) is 5.03. The van der Waals surface area contributed by atoms with Gasteiger partial charge in [-0.15, -0.1) is 0 Å². The molecule has 4 rings (SSSR count). The smallest absolute Gasteiger partial charge is 0.240 e. The van der Waals surface area contributed by atoms with Gasteiger partial charge < -0.3 is 15.1 Å². The molecular formula is C15H27N3O. The lowest BCUT2D eigenvalue weighted by molar-refractivity contribution is -0.143. The first-order chi connectivity index (χ1) is 9.15. The molecule has 4 aliphatic heterocycles. The van der Waals surface area contributed by atoms with Gasteiger partial charge in [-0.1, -0.05) is 13.8 Å². The lowest BCUT2D eigenvalue weighted by Gasteiger charge is -2.50. The third kappa shape index (κ3) is 2.65. The zero-order chi connectivity index (χ0) is 13.4. The summed E-state index contributed by atoms with van der Waals surface area (Å²) in [5.74, 6) is 1.12. The van der Waals surface area contributed by atoms with Crippen molar-refractivity contribution in [3.8, 4) is 0 Å². The molecule has 0 saturated carbocycles. The van der Waals surface area contributed by atoms with Gasteiger partial charge in [-0.05, 0) is 44.7 Å². The SMILES string of the molecule is CC(C)NC1CCCN(C2CN3CCC2CC3)C1=O. The number of likely N-dealkylation sites (tertiary alicyclic amines) is 1. The number of amides is 1. The lowest BCUT2D eigenvalue weighted by atomic mass is 9.82. The van der Waals surface area contributed by atoms with Gasteiger partial charge in [0.25, 0.3) is 0 Å². The second kappa shape index (κ2) is 5.41. The van der Waals surface area contributed by atoms with Crippen LogP contribution in [-0.4, -0.2) is 60.0 Å². The Kier molecular flexibility index (Phi) is 3.81. The molecular weight excluding hydrogens is 238 g/mol. The van der Waals surface area contributed by atoms with Crippen molar-refractivity contribution in [1.82, 2.24) is 15.1 Å². The molecule has 2 atom stereocenters. The molecule has 0 aromatic heterocycles. The highest BCUT2D eigenvalue weighted by Gasteiger charge is 2.41. The van der Waals surface area contributed by atoms with Gasteiger partial charge in [0.1, 0.15) is 0 Å². The highest BCUT2D eigenvalue weighted by Crippen LogP contribution is 2.32. The van der Waals surface area contributed by atoms with E-state index < -0.39 is 0 Å². The van der Waals surface area contributed by atoms with E-state index in [0.29, 0.717) is 18.0 Å². The molecule has 2 unspecified atom stereocenters. The number of carbonyl (C=O) groups excluding carboxylic acids is 1. The fourth-order valence-corrected chi connectivity index (χ4v) is 4.07. The Balaban J connectivity index is 1.68. The van der Waals surface area contributed by atoms with Gasteiger partial charge in [-0.3, -0.25) is 4.79 Å². The van der Waals surface area contributed by atoms with Gasteiger partial charge in [0.2, 0.25) is 5.91 Å². The van der Waals surface area contributed by atoms with Crippen molar-refractivity contribution in [3.05, 3.63) is 0 Å². The molecule has 4 fully saturated rings. The fourth-order valence-electron chi connectivity index (χ4n) is 4.07. The first-order valence-electron chi connectivity index (χ1n) is 7.94. The van der Waals surface area contributed by atoms with Gasteiger partial charge in [0, 0.05) is 25.2 Å². The monoisotopic (exact) mass is 265 g/mol. The zero-order valence-electron chi connectivity index (χ0n) is 12.3. The maximum absolute atomic E-state index is 12.7. The van der Waals surface area contributed by atoms with E-state index in [9.17, 15) is 4.79 Å². The molecule has 1 amide bonds. The van der Waals surface area contributed by atoms with Crippen molar-refractivity contribution in [3.63, 3.8) is 0 Å². The summed E-state index contributed by atoms with van der Waals surface area (Å²) < 4.78 is 0. The maximum Gasteiger partial charge on any atom is 0.240 e. The van der Waals surface area contributed by atoms with Crippen LogP contribution in [-0.2, 0) is 4.79 Å². The predicted molar refractivity (Wildman–Crippen MR) is 76.0 cm³/mol. The third-order valence-corrected chi connectivity index (χ3v) is 5.03. The topological polar surface area (TPSA) is 35.6 Å². The number of hydrogen-bond acceptors (Lipinski definition) is 3. The number of hydrogen-bond donors (Lipinski definition) is 1. The molecule has 0 aromatic carbocycles. The van der Waals surface area contributed by atoms with Crippen molar-refractivity contribution in [2.45, 2.75) is 57.7 Å². The van der Waals surface area contributed by atoms with E-state index in [-0.39, 0.29) is 6.04 Å². The molecule has 0 aromatic rings. The standard InChI is InChI=1S/C15H27N3O/c1-11(2)16-13-4-3-7-18(15(13)19)14-10-17-8-5-12(14)6-9-17/h11-14,16H,3-10H2,1-2H3. The van der Waals surface area contributed by atoms with Crippen LogP contribution in [0.3, 0.4) is 0 Å². The number of nitrogens with zero attached hydrogens (tertiary/aromatic N) is 2. The molecule has 4 heterocycles. The number of piperidine rings is 4. The maximum atomic E-state index is 12.7. The Morgan fingerprint density at radius 3 is 2.47 bits per heavy atom. The molecule has 2 bridgehead atoms. The summed E-state index contributed by atoms with van der Waals surface area (Å²) >= 11 is 0. The van der Waals surface area contributed by atoms with Crippen molar-refractivity contribution < 1.29 is 4.79 Å². The lowest BCUT2D eigenvalue weighted by Crippen LogP contribution is -2.63. The molecule has 0 spiro atoms. The number of rotatable bonds is 3. The molecule has 108 valence electrons. The first kappa shape index (κ1) is 13.4. The summed E-state index contributed by atoms with van der Waals surface area (Å²) in [7, 11) is 0. The first-order valence-corrected chi connectivity index (χ1v) is 7.94. The van der Waals surface area contributed by atoms with Crippen molar-refractivity contribution in [2.24, 2.45) is 5.92 Å². The second-order valence-electron chi connectivity index (χ2n) is 6.75. The summed E-state index contributed by atoms with van der Waals surface area (Å²) in [6, 6.07) is 0.941. The van der Waals surface area contributed by atoms with Crippen LogP contribution < -0.4 is 5.32 Å². The van der Waals surface area contributed by atoms with E-state index >= 15 is 0 Å².